The summed E-state index contributed by atoms with van der Waals surface area (Å²) in [7, 11) is -4.16. The monoisotopic (exact) mass is 556 g/mol. The van der Waals surface area contributed by atoms with Gasteiger partial charge in [0.1, 0.15) is 17.1 Å². The maximum atomic E-state index is 13.1. The first kappa shape index (κ1) is 26.3. The number of amides is 2. The van der Waals surface area contributed by atoms with Gasteiger partial charge in [-0.2, -0.15) is 0 Å². The van der Waals surface area contributed by atoms with Gasteiger partial charge in [0.15, 0.2) is 0 Å². The molecule has 202 valence electrons. The zero-order valence-corrected chi connectivity index (χ0v) is 21.3. The number of alkyl halides is 3. The van der Waals surface area contributed by atoms with E-state index < -0.39 is 28.0 Å². The second kappa shape index (κ2) is 9.77. The number of aromatic nitrogens is 2. The van der Waals surface area contributed by atoms with Crippen molar-refractivity contribution in [1.29, 1.82) is 0 Å². The topological polar surface area (TPSA) is 102 Å². The number of rotatable bonds is 7. The van der Waals surface area contributed by atoms with Gasteiger partial charge in [-0.15, -0.1) is 13.2 Å². The number of halogens is 3. The van der Waals surface area contributed by atoms with Crippen LogP contribution < -0.4 is 14.8 Å². The molecule has 2 atom stereocenters. The minimum Gasteiger partial charge on any atom is -0.406 e. The zero-order valence-electron chi connectivity index (χ0n) is 20.5. The molecule has 0 aliphatic heterocycles. The average Bonchev–Trinajstić information content (AvgIpc) is 3.36. The standard InChI is InChI=1S/C27H23F3N4O4S/c1-18-7-5-6-10-23(18)39(36,37)33-25(35)32-26(17-22(26)19-8-3-2-4-9-19)24-31-15-16-34(24)20-11-13-21(14-12-20)38-27(28,29)30/h2-16,22H,17H2,1H3,(H2,32,33,35)/t22-,26?/m1/s1. The van der Waals surface area contributed by atoms with Crippen molar-refractivity contribution in [2.45, 2.75) is 36.1 Å². The lowest BCUT2D eigenvalue weighted by atomic mass is 10.1. The molecule has 0 saturated heterocycles. The molecule has 4 aromatic rings. The van der Waals surface area contributed by atoms with Gasteiger partial charge in [-0.25, -0.2) is 22.9 Å². The van der Waals surface area contributed by atoms with E-state index in [-0.39, 0.29) is 16.6 Å². The summed E-state index contributed by atoms with van der Waals surface area (Å²) in [6, 6.07) is 19.9. The first-order valence-electron chi connectivity index (χ1n) is 11.8. The lowest BCUT2D eigenvalue weighted by molar-refractivity contribution is -0.274. The summed E-state index contributed by atoms with van der Waals surface area (Å²) in [4.78, 5) is 17.6. The highest BCUT2D eigenvalue weighted by Gasteiger charge is 2.60. The molecule has 0 bridgehead atoms. The first-order chi connectivity index (χ1) is 18.5. The highest BCUT2D eigenvalue weighted by atomic mass is 32.2. The molecule has 1 aliphatic rings. The maximum Gasteiger partial charge on any atom is 0.573 e. The maximum absolute atomic E-state index is 13.1. The van der Waals surface area contributed by atoms with Crippen LogP contribution in [0.5, 0.6) is 5.75 Å². The van der Waals surface area contributed by atoms with Crippen molar-refractivity contribution in [3.8, 4) is 11.4 Å². The van der Waals surface area contributed by atoms with E-state index in [1.807, 2.05) is 30.3 Å². The number of nitrogens with zero attached hydrogens (tertiary/aromatic N) is 2. The molecule has 1 aromatic heterocycles. The molecular weight excluding hydrogens is 533 g/mol. The molecule has 1 heterocycles. The number of urea groups is 1. The van der Waals surface area contributed by atoms with Crippen LogP contribution in [0.25, 0.3) is 5.69 Å². The normalized spacial score (nSPS) is 18.8. The summed E-state index contributed by atoms with van der Waals surface area (Å²) in [5, 5.41) is 2.83. The first-order valence-corrected chi connectivity index (χ1v) is 13.3. The Bertz CT molecular complexity index is 1610. The zero-order chi connectivity index (χ0) is 27.8. The van der Waals surface area contributed by atoms with E-state index in [9.17, 15) is 26.4 Å². The van der Waals surface area contributed by atoms with Crippen molar-refractivity contribution < 1.29 is 31.1 Å². The fraction of sp³-hybridized carbons (Fsp3) is 0.185. The third-order valence-corrected chi connectivity index (χ3v) is 7.99. The van der Waals surface area contributed by atoms with E-state index in [0.29, 0.717) is 23.5 Å². The number of carbonyl (C=O) groups excluding carboxylic acids is 1. The summed E-state index contributed by atoms with van der Waals surface area (Å²) in [6.45, 7) is 1.63. The fourth-order valence-electron chi connectivity index (χ4n) is 4.71. The van der Waals surface area contributed by atoms with E-state index in [4.69, 9.17) is 0 Å². The van der Waals surface area contributed by atoms with Gasteiger partial charge in [-0.05, 0) is 54.8 Å². The number of aryl methyl sites for hydroxylation is 1. The van der Waals surface area contributed by atoms with Gasteiger partial charge in [0.05, 0.1) is 4.90 Å². The number of carbonyl (C=O) groups is 1. The molecule has 12 heteroatoms. The predicted octanol–water partition coefficient (Wildman–Crippen LogP) is 5.15. The van der Waals surface area contributed by atoms with E-state index in [1.54, 1.807) is 35.9 Å². The van der Waals surface area contributed by atoms with Crippen molar-refractivity contribution in [3.05, 3.63) is 108 Å². The van der Waals surface area contributed by atoms with Crippen LogP contribution >= 0.6 is 0 Å². The van der Waals surface area contributed by atoms with Gasteiger partial charge in [-0.3, -0.25) is 0 Å². The number of benzene rings is 3. The average molecular weight is 557 g/mol. The molecule has 2 amide bonds. The molecule has 8 nitrogen and oxygen atoms in total. The van der Waals surface area contributed by atoms with Crippen LogP contribution in [-0.4, -0.2) is 30.4 Å². The SMILES string of the molecule is Cc1ccccc1S(=O)(=O)NC(=O)NC1(c2nccn2-c2ccc(OC(F)(F)F)cc2)C[C@@H]1c1ccccc1. The van der Waals surface area contributed by atoms with Gasteiger partial charge in [0.25, 0.3) is 10.0 Å². The van der Waals surface area contributed by atoms with Crippen LogP contribution in [0.2, 0.25) is 0 Å². The third-order valence-electron chi connectivity index (χ3n) is 6.50. The van der Waals surface area contributed by atoms with Crippen molar-refractivity contribution in [2.24, 2.45) is 0 Å². The van der Waals surface area contributed by atoms with Crippen molar-refractivity contribution in [2.75, 3.05) is 0 Å². The van der Waals surface area contributed by atoms with Crippen LogP contribution in [0.1, 0.15) is 29.3 Å². The molecule has 3 aromatic carbocycles. The molecule has 1 saturated carbocycles. The highest BCUT2D eigenvalue weighted by molar-refractivity contribution is 7.90. The smallest absolute Gasteiger partial charge is 0.406 e. The van der Waals surface area contributed by atoms with E-state index in [2.05, 4.69) is 19.8 Å². The summed E-state index contributed by atoms with van der Waals surface area (Å²) in [5.74, 6) is -0.223. The van der Waals surface area contributed by atoms with Crippen LogP contribution in [0.4, 0.5) is 18.0 Å². The molecular formula is C27H23F3N4O4S. The Labute approximate surface area is 222 Å². The number of nitrogens with one attached hydrogen (secondary N) is 2. The van der Waals surface area contributed by atoms with Gasteiger partial charge in [0.2, 0.25) is 0 Å². The van der Waals surface area contributed by atoms with Gasteiger partial charge < -0.3 is 14.6 Å². The number of ether oxygens (including phenoxy) is 1. The van der Waals surface area contributed by atoms with E-state index in [0.717, 1.165) is 5.56 Å². The third kappa shape index (κ3) is 5.46. The Balaban J connectivity index is 1.47. The van der Waals surface area contributed by atoms with Crippen LogP contribution in [0.15, 0.2) is 96.2 Å². The summed E-state index contributed by atoms with van der Waals surface area (Å²) in [6.07, 6.45) is -1.29. The quantitative estimate of drug-likeness (QED) is 0.328. The minimum absolute atomic E-state index is 0.0210. The van der Waals surface area contributed by atoms with E-state index >= 15 is 0 Å². The summed E-state index contributed by atoms with van der Waals surface area (Å²) in [5.41, 5.74) is 0.777. The van der Waals surface area contributed by atoms with Crippen molar-refractivity contribution in [1.82, 2.24) is 19.6 Å². The Morgan fingerprint density at radius 3 is 2.36 bits per heavy atom. The molecule has 39 heavy (non-hydrogen) atoms. The fourth-order valence-corrected chi connectivity index (χ4v) is 5.86. The second-order valence-electron chi connectivity index (χ2n) is 9.13. The van der Waals surface area contributed by atoms with Crippen molar-refractivity contribution in [3.63, 3.8) is 0 Å². The molecule has 0 radical (unpaired) electrons. The molecule has 1 unspecified atom stereocenters. The van der Waals surface area contributed by atoms with Gasteiger partial charge >= 0.3 is 12.4 Å². The number of sulfonamides is 1. The minimum atomic E-state index is -4.82. The summed E-state index contributed by atoms with van der Waals surface area (Å²) < 4.78 is 71.3. The lowest BCUT2D eigenvalue weighted by Crippen LogP contribution is -2.46. The molecule has 5 rings (SSSR count). The molecule has 2 N–H and O–H groups in total. The number of hydrogen-bond donors (Lipinski definition) is 2. The lowest BCUT2D eigenvalue weighted by Gasteiger charge is -2.22. The predicted molar refractivity (Wildman–Crippen MR) is 136 cm³/mol. The van der Waals surface area contributed by atoms with Gasteiger partial charge in [-0.1, -0.05) is 48.5 Å². The second-order valence-corrected chi connectivity index (χ2v) is 10.8. The molecule has 1 fully saturated rings. The summed E-state index contributed by atoms with van der Waals surface area (Å²) >= 11 is 0. The molecule has 1 aliphatic carbocycles. The van der Waals surface area contributed by atoms with Gasteiger partial charge in [0, 0.05) is 24.0 Å². The van der Waals surface area contributed by atoms with Crippen LogP contribution in [0, 0.1) is 6.92 Å². The Morgan fingerprint density at radius 2 is 1.69 bits per heavy atom. The number of hydrogen-bond acceptors (Lipinski definition) is 5. The van der Waals surface area contributed by atoms with Crippen LogP contribution in [-0.2, 0) is 15.6 Å². The largest absolute Gasteiger partial charge is 0.573 e. The highest BCUT2D eigenvalue weighted by Crippen LogP contribution is 2.58. The molecule has 0 spiro atoms. The Kier molecular flexibility index (Phi) is 6.59. The van der Waals surface area contributed by atoms with Crippen LogP contribution in [0.3, 0.4) is 0 Å². The number of imidazole rings is 1. The Hall–Kier alpha value is -4.32. The Morgan fingerprint density at radius 1 is 1.03 bits per heavy atom. The van der Waals surface area contributed by atoms with Crippen molar-refractivity contribution >= 4 is 16.1 Å². The van der Waals surface area contributed by atoms with E-state index in [1.165, 1.54) is 36.5 Å².